The van der Waals surface area contributed by atoms with Gasteiger partial charge >= 0.3 is 0 Å². The number of para-hydroxylation sites is 1. The fraction of sp³-hybridized carbons (Fsp3) is 0.462. The van der Waals surface area contributed by atoms with Crippen LogP contribution in [0.1, 0.15) is 12.8 Å². The molecule has 2 rings (SSSR count). The van der Waals surface area contributed by atoms with Gasteiger partial charge in [0.1, 0.15) is 5.75 Å². The summed E-state index contributed by atoms with van der Waals surface area (Å²) in [5, 5.41) is 0. The molecule has 1 aliphatic heterocycles. The fourth-order valence-electron chi connectivity index (χ4n) is 2.15. The number of benzene rings is 1. The van der Waals surface area contributed by atoms with E-state index in [-0.39, 0.29) is 18.6 Å². The molecule has 0 aromatic heterocycles. The second kappa shape index (κ2) is 5.68. The van der Waals surface area contributed by atoms with Gasteiger partial charge in [-0.1, -0.05) is 18.2 Å². The lowest BCUT2D eigenvalue weighted by atomic mass is 10.2. The van der Waals surface area contributed by atoms with Crippen molar-refractivity contribution in [3.63, 3.8) is 0 Å². The number of likely N-dealkylation sites (tertiary alicyclic amines) is 1. The third kappa shape index (κ3) is 2.97. The number of hydrogen-bond donors (Lipinski definition) is 1. The molecular formula is C13H18N2O2. The van der Waals surface area contributed by atoms with E-state index in [2.05, 4.69) is 0 Å². The first-order valence-corrected chi connectivity index (χ1v) is 5.98. The Hall–Kier alpha value is -1.55. The molecule has 17 heavy (non-hydrogen) atoms. The Balaban J connectivity index is 1.85. The maximum Gasteiger partial charge on any atom is 0.260 e. The Morgan fingerprint density at radius 2 is 2.18 bits per heavy atom. The van der Waals surface area contributed by atoms with Crippen LogP contribution in [0.15, 0.2) is 30.3 Å². The quantitative estimate of drug-likeness (QED) is 0.846. The average molecular weight is 234 g/mol. The normalized spacial score (nSPS) is 19.4. The third-order valence-corrected chi connectivity index (χ3v) is 3.08. The molecule has 0 saturated carbocycles. The molecule has 0 aliphatic carbocycles. The van der Waals surface area contributed by atoms with Gasteiger partial charge in [-0.15, -0.1) is 0 Å². The Labute approximate surface area is 101 Å². The lowest BCUT2D eigenvalue weighted by Crippen LogP contribution is -2.42. The van der Waals surface area contributed by atoms with E-state index in [0.29, 0.717) is 6.54 Å². The largest absolute Gasteiger partial charge is 0.484 e. The Morgan fingerprint density at radius 3 is 2.88 bits per heavy atom. The maximum absolute atomic E-state index is 11.9. The van der Waals surface area contributed by atoms with Gasteiger partial charge in [0.05, 0.1) is 0 Å². The van der Waals surface area contributed by atoms with E-state index in [1.165, 1.54) is 0 Å². The topological polar surface area (TPSA) is 55.6 Å². The number of rotatable bonds is 4. The van der Waals surface area contributed by atoms with Crippen LogP contribution in [-0.2, 0) is 4.79 Å². The van der Waals surface area contributed by atoms with Crippen LogP contribution in [0, 0.1) is 0 Å². The molecule has 1 aromatic rings. The average Bonchev–Trinajstić information content (AvgIpc) is 2.85. The molecule has 1 aliphatic rings. The van der Waals surface area contributed by atoms with E-state index < -0.39 is 0 Å². The fourth-order valence-corrected chi connectivity index (χ4v) is 2.15. The summed E-state index contributed by atoms with van der Waals surface area (Å²) in [6.07, 6.45) is 2.05. The van der Waals surface area contributed by atoms with Gasteiger partial charge < -0.3 is 15.4 Å². The van der Waals surface area contributed by atoms with Crippen molar-refractivity contribution in [2.24, 2.45) is 5.73 Å². The first-order chi connectivity index (χ1) is 8.31. The molecule has 2 N–H and O–H groups in total. The molecule has 4 heteroatoms. The molecule has 4 nitrogen and oxygen atoms in total. The number of carbonyl (C=O) groups excluding carboxylic acids is 1. The summed E-state index contributed by atoms with van der Waals surface area (Å²) >= 11 is 0. The maximum atomic E-state index is 11.9. The molecule has 1 amide bonds. The van der Waals surface area contributed by atoms with Crippen LogP contribution in [0.25, 0.3) is 0 Å². The van der Waals surface area contributed by atoms with Crippen molar-refractivity contribution in [1.82, 2.24) is 4.90 Å². The summed E-state index contributed by atoms with van der Waals surface area (Å²) in [4.78, 5) is 13.8. The first-order valence-electron chi connectivity index (χ1n) is 5.98. The smallest absolute Gasteiger partial charge is 0.260 e. The van der Waals surface area contributed by atoms with E-state index in [4.69, 9.17) is 10.5 Å². The Bertz CT molecular complexity index is 367. The number of carbonyl (C=O) groups is 1. The van der Waals surface area contributed by atoms with E-state index in [0.717, 1.165) is 25.1 Å². The zero-order valence-electron chi connectivity index (χ0n) is 9.84. The van der Waals surface area contributed by atoms with Crippen LogP contribution >= 0.6 is 0 Å². The molecule has 0 spiro atoms. The first kappa shape index (κ1) is 11.9. The minimum atomic E-state index is 0.0294. The number of nitrogens with two attached hydrogens (primary N) is 1. The number of nitrogens with zero attached hydrogens (tertiary/aromatic N) is 1. The summed E-state index contributed by atoms with van der Waals surface area (Å²) in [6.45, 7) is 1.44. The molecule has 0 radical (unpaired) electrons. The van der Waals surface area contributed by atoms with E-state index >= 15 is 0 Å². The standard InChI is InChI=1S/C13H18N2O2/c14-9-11-5-4-8-15(11)13(16)10-17-12-6-2-1-3-7-12/h1-3,6-7,11H,4-5,8-10,14H2. The van der Waals surface area contributed by atoms with Gasteiger partial charge in [0.15, 0.2) is 6.61 Å². The van der Waals surface area contributed by atoms with Gasteiger partial charge in [-0.25, -0.2) is 0 Å². The van der Waals surface area contributed by atoms with Gasteiger partial charge in [-0.3, -0.25) is 4.79 Å². The van der Waals surface area contributed by atoms with Gasteiger partial charge in [-0.2, -0.15) is 0 Å². The molecule has 92 valence electrons. The van der Waals surface area contributed by atoms with Crippen LogP contribution in [-0.4, -0.2) is 36.5 Å². The van der Waals surface area contributed by atoms with Gasteiger partial charge in [0.25, 0.3) is 5.91 Å². The van der Waals surface area contributed by atoms with Gasteiger partial charge in [0.2, 0.25) is 0 Å². The highest BCUT2D eigenvalue weighted by molar-refractivity contribution is 5.78. The van der Waals surface area contributed by atoms with Crippen LogP contribution in [0.2, 0.25) is 0 Å². The SMILES string of the molecule is NCC1CCCN1C(=O)COc1ccccc1. The summed E-state index contributed by atoms with van der Waals surface area (Å²) in [5.74, 6) is 0.756. The second-order valence-electron chi connectivity index (χ2n) is 4.22. The van der Waals surface area contributed by atoms with Crippen LogP contribution < -0.4 is 10.5 Å². The zero-order valence-corrected chi connectivity index (χ0v) is 9.84. The summed E-state index contributed by atoms with van der Waals surface area (Å²) in [5.41, 5.74) is 5.63. The summed E-state index contributed by atoms with van der Waals surface area (Å²) in [7, 11) is 0. The lowest BCUT2D eigenvalue weighted by Gasteiger charge is -2.23. The van der Waals surface area contributed by atoms with Crippen molar-refractivity contribution >= 4 is 5.91 Å². The van der Waals surface area contributed by atoms with Crippen molar-refractivity contribution in [3.05, 3.63) is 30.3 Å². The molecule has 1 fully saturated rings. The molecule has 1 heterocycles. The highest BCUT2D eigenvalue weighted by Crippen LogP contribution is 2.16. The molecule has 1 aromatic carbocycles. The van der Waals surface area contributed by atoms with Crippen molar-refractivity contribution in [3.8, 4) is 5.75 Å². The number of ether oxygens (including phenoxy) is 1. The summed E-state index contributed by atoms with van der Waals surface area (Å²) < 4.78 is 5.44. The van der Waals surface area contributed by atoms with E-state index in [9.17, 15) is 4.79 Å². The molecule has 1 atom stereocenters. The highest BCUT2D eigenvalue weighted by Gasteiger charge is 2.27. The van der Waals surface area contributed by atoms with Crippen molar-refractivity contribution in [1.29, 1.82) is 0 Å². The third-order valence-electron chi connectivity index (χ3n) is 3.08. The van der Waals surface area contributed by atoms with Crippen molar-refractivity contribution in [2.45, 2.75) is 18.9 Å². The molecule has 0 bridgehead atoms. The van der Waals surface area contributed by atoms with Crippen molar-refractivity contribution in [2.75, 3.05) is 19.7 Å². The zero-order chi connectivity index (χ0) is 12.1. The monoisotopic (exact) mass is 234 g/mol. The Morgan fingerprint density at radius 1 is 1.41 bits per heavy atom. The summed E-state index contributed by atoms with van der Waals surface area (Å²) in [6, 6.07) is 9.58. The van der Waals surface area contributed by atoms with Crippen LogP contribution in [0.3, 0.4) is 0 Å². The minimum absolute atomic E-state index is 0.0294. The molecular weight excluding hydrogens is 216 g/mol. The predicted molar refractivity (Wildman–Crippen MR) is 65.7 cm³/mol. The van der Waals surface area contributed by atoms with Gasteiger partial charge in [0, 0.05) is 19.1 Å². The highest BCUT2D eigenvalue weighted by atomic mass is 16.5. The van der Waals surface area contributed by atoms with Crippen LogP contribution in [0.4, 0.5) is 0 Å². The second-order valence-corrected chi connectivity index (χ2v) is 4.22. The minimum Gasteiger partial charge on any atom is -0.484 e. The van der Waals surface area contributed by atoms with E-state index in [1.807, 2.05) is 35.2 Å². The predicted octanol–water partition coefficient (Wildman–Crippen LogP) is 1.02. The van der Waals surface area contributed by atoms with Gasteiger partial charge in [-0.05, 0) is 25.0 Å². The van der Waals surface area contributed by atoms with E-state index in [1.54, 1.807) is 0 Å². The number of amides is 1. The lowest BCUT2D eigenvalue weighted by molar-refractivity contribution is -0.134. The Kier molecular flexibility index (Phi) is 3.98. The van der Waals surface area contributed by atoms with Crippen molar-refractivity contribution < 1.29 is 9.53 Å². The molecule has 1 unspecified atom stereocenters. The van der Waals surface area contributed by atoms with Crippen LogP contribution in [0.5, 0.6) is 5.75 Å². The number of hydrogen-bond acceptors (Lipinski definition) is 3. The molecule has 1 saturated heterocycles.